The third kappa shape index (κ3) is 6.69. The summed E-state index contributed by atoms with van der Waals surface area (Å²) in [5.74, 6) is 1.29. The minimum Gasteiger partial charge on any atom is -0.370 e. The van der Waals surface area contributed by atoms with Gasteiger partial charge in [-0.3, -0.25) is 9.89 Å². The summed E-state index contributed by atoms with van der Waals surface area (Å²) in [5, 5.41) is 0. The fourth-order valence-corrected chi connectivity index (χ4v) is 2.74. The standard InChI is InChI=1S/C15H33N5.HI/c1-6-19(7-2)15(16)17-12-14(13(3)4)20-10-8-18(5)9-11-20;/h13-14H,6-12H2,1-5H3,(H2,16,17);1H. The molecule has 0 spiro atoms. The van der Waals surface area contributed by atoms with Crippen LogP contribution in [0, 0.1) is 5.92 Å². The highest BCUT2D eigenvalue weighted by atomic mass is 127. The van der Waals surface area contributed by atoms with Crippen LogP contribution in [0.3, 0.4) is 0 Å². The van der Waals surface area contributed by atoms with Gasteiger partial charge in [-0.25, -0.2) is 0 Å². The summed E-state index contributed by atoms with van der Waals surface area (Å²) in [6.45, 7) is 16.0. The topological polar surface area (TPSA) is 48.1 Å². The van der Waals surface area contributed by atoms with Crippen LogP contribution >= 0.6 is 24.0 Å². The van der Waals surface area contributed by atoms with Gasteiger partial charge < -0.3 is 15.5 Å². The van der Waals surface area contributed by atoms with E-state index in [0.29, 0.717) is 17.9 Å². The molecule has 1 fully saturated rings. The lowest BCUT2D eigenvalue weighted by atomic mass is 10.0. The van der Waals surface area contributed by atoms with Crippen molar-refractivity contribution >= 4 is 29.9 Å². The Morgan fingerprint density at radius 1 is 1.14 bits per heavy atom. The molecule has 1 aliphatic heterocycles. The molecule has 0 amide bonds. The molecule has 0 radical (unpaired) electrons. The average Bonchev–Trinajstić information content (AvgIpc) is 2.42. The Labute approximate surface area is 148 Å². The highest BCUT2D eigenvalue weighted by Gasteiger charge is 2.24. The van der Waals surface area contributed by atoms with Crippen molar-refractivity contribution in [2.75, 3.05) is 52.9 Å². The Kier molecular flexibility index (Phi) is 10.6. The van der Waals surface area contributed by atoms with Gasteiger partial charge in [-0.05, 0) is 26.8 Å². The fraction of sp³-hybridized carbons (Fsp3) is 0.933. The van der Waals surface area contributed by atoms with Gasteiger partial charge in [-0.2, -0.15) is 0 Å². The molecule has 126 valence electrons. The van der Waals surface area contributed by atoms with Gasteiger partial charge in [0.1, 0.15) is 0 Å². The molecule has 6 heteroatoms. The van der Waals surface area contributed by atoms with Gasteiger partial charge in [0, 0.05) is 45.3 Å². The summed E-state index contributed by atoms with van der Waals surface area (Å²) in [6, 6.07) is 0.498. The van der Waals surface area contributed by atoms with E-state index < -0.39 is 0 Å². The first-order valence-electron chi connectivity index (χ1n) is 7.97. The molecule has 0 aliphatic carbocycles. The third-order valence-corrected chi connectivity index (χ3v) is 4.30. The molecule has 1 rings (SSSR count). The van der Waals surface area contributed by atoms with Crippen molar-refractivity contribution in [2.45, 2.75) is 33.7 Å². The SMILES string of the molecule is CCN(CC)C(N)=NCC(C(C)C)N1CCN(C)CC1.I. The van der Waals surface area contributed by atoms with Crippen molar-refractivity contribution in [3.05, 3.63) is 0 Å². The molecule has 1 aliphatic rings. The minimum atomic E-state index is 0. The monoisotopic (exact) mass is 411 g/mol. The van der Waals surface area contributed by atoms with Gasteiger partial charge in [0.15, 0.2) is 5.96 Å². The normalized spacial score (nSPS) is 19.4. The summed E-state index contributed by atoms with van der Waals surface area (Å²) in [5.41, 5.74) is 6.09. The zero-order valence-corrected chi connectivity index (χ0v) is 16.7. The highest BCUT2D eigenvalue weighted by molar-refractivity contribution is 14.0. The van der Waals surface area contributed by atoms with Crippen LogP contribution in [0.2, 0.25) is 0 Å². The maximum absolute atomic E-state index is 6.09. The third-order valence-electron chi connectivity index (χ3n) is 4.30. The number of piperazine rings is 1. The fourth-order valence-electron chi connectivity index (χ4n) is 2.74. The van der Waals surface area contributed by atoms with Gasteiger partial charge in [-0.15, -0.1) is 24.0 Å². The van der Waals surface area contributed by atoms with Crippen LogP contribution in [-0.2, 0) is 0 Å². The van der Waals surface area contributed by atoms with Crippen molar-refractivity contribution in [2.24, 2.45) is 16.6 Å². The van der Waals surface area contributed by atoms with E-state index in [4.69, 9.17) is 5.73 Å². The van der Waals surface area contributed by atoms with Crippen molar-refractivity contribution in [1.82, 2.24) is 14.7 Å². The van der Waals surface area contributed by atoms with Crippen LogP contribution in [0.4, 0.5) is 0 Å². The molecule has 1 atom stereocenters. The van der Waals surface area contributed by atoms with Crippen LogP contribution in [-0.4, -0.2) is 79.6 Å². The predicted octanol–water partition coefficient (Wildman–Crippen LogP) is 1.53. The van der Waals surface area contributed by atoms with E-state index in [0.717, 1.165) is 45.8 Å². The van der Waals surface area contributed by atoms with Crippen LogP contribution in [0.5, 0.6) is 0 Å². The predicted molar refractivity (Wildman–Crippen MR) is 103 cm³/mol. The van der Waals surface area contributed by atoms with Gasteiger partial charge in [0.2, 0.25) is 0 Å². The summed E-state index contributed by atoms with van der Waals surface area (Å²) in [6.07, 6.45) is 0. The van der Waals surface area contributed by atoms with Crippen LogP contribution in [0.15, 0.2) is 4.99 Å². The van der Waals surface area contributed by atoms with E-state index in [-0.39, 0.29) is 24.0 Å². The Hall–Kier alpha value is -0.0800. The largest absolute Gasteiger partial charge is 0.370 e. The van der Waals surface area contributed by atoms with E-state index >= 15 is 0 Å². The Bertz CT molecular complexity index is 296. The first-order valence-corrected chi connectivity index (χ1v) is 7.97. The Morgan fingerprint density at radius 2 is 1.67 bits per heavy atom. The number of hydrogen-bond acceptors (Lipinski definition) is 3. The van der Waals surface area contributed by atoms with E-state index in [1.807, 2.05) is 0 Å². The zero-order valence-electron chi connectivity index (χ0n) is 14.4. The molecule has 0 bridgehead atoms. The minimum absolute atomic E-state index is 0. The molecule has 2 N–H and O–H groups in total. The molecule has 21 heavy (non-hydrogen) atoms. The molecule has 0 aromatic carbocycles. The molecule has 1 saturated heterocycles. The van der Waals surface area contributed by atoms with E-state index in [9.17, 15) is 0 Å². The Balaban J connectivity index is 0.00000400. The molecular formula is C15H34IN5. The summed E-state index contributed by atoms with van der Waals surface area (Å²) in [4.78, 5) is 11.7. The first kappa shape index (κ1) is 20.9. The van der Waals surface area contributed by atoms with Crippen molar-refractivity contribution in [3.63, 3.8) is 0 Å². The number of likely N-dealkylation sites (N-methyl/N-ethyl adjacent to an activating group) is 1. The number of hydrogen-bond donors (Lipinski definition) is 1. The molecule has 0 aromatic heterocycles. The summed E-state index contributed by atoms with van der Waals surface area (Å²) in [7, 11) is 2.19. The van der Waals surface area contributed by atoms with Crippen molar-refractivity contribution in [3.8, 4) is 0 Å². The number of guanidine groups is 1. The van der Waals surface area contributed by atoms with E-state index in [1.54, 1.807) is 0 Å². The van der Waals surface area contributed by atoms with E-state index in [1.165, 1.54) is 0 Å². The maximum Gasteiger partial charge on any atom is 0.191 e. The second-order valence-corrected chi connectivity index (χ2v) is 6.02. The quantitative estimate of drug-likeness (QED) is 0.409. The molecule has 1 unspecified atom stereocenters. The Morgan fingerprint density at radius 3 is 2.10 bits per heavy atom. The summed E-state index contributed by atoms with van der Waals surface area (Å²) < 4.78 is 0. The lowest BCUT2D eigenvalue weighted by Crippen LogP contribution is -2.52. The van der Waals surface area contributed by atoms with Crippen LogP contribution in [0.1, 0.15) is 27.7 Å². The molecule has 1 heterocycles. The van der Waals surface area contributed by atoms with E-state index in [2.05, 4.69) is 54.4 Å². The smallest absolute Gasteiger partial charge is 0.191 e. The molecule has 0 saturated carbocycles. The average molecular weight is 411 g/mol. The highest BCUT2D eigenvalue weighted by Crippen LogP contribution is 2.14. The summed E-state index contributed by atoms with van der Waals surface area (Å²) >= 11 is 0. The van der Waals surface area contributed by atoms with Crippen LogP contribution in [0.25, 0.3) is 0 Å². The van der Waals surface area contributed by atoms with Gasteiger partial charge >= 0.3 is 0 Å². The van der Waals surface area contributed by atoms with Gasteiger partial charge in [0.05, 0.1) is 6.54 Å². The lowest BCUT2D eigenvalue weighted by Gasteiger charge is -2.39. The lowest BCUT2D eigenvalue weighted by molar-refractivity contribution is 0.0924. The number of halogens is 1. The zero-order chi connectivity index (χ0) is 15.1. The first-order chi connectivity index (χ1) is 9.49. The number of aliphatic imine (C=N–C) groups is 1. The number of rotatable bonds is 6. The second-order valence-electron chi connectivity index (χ2n) is 6.02. The van der Waals surface area contributed by atoms with Crippen LogP contribution < -0.4 is 5.73 Å². The number of nitrogens with zero attached hydrogens (tertiary/aromatic N) is 4. The molecule has 0 aromatic rings. The second kappa shape index (κ2) is 10.6. The van der Waals surface area contributed by atoms with Gasteiger partial charge in [0.25, 0.3) is 0 Å². The maximum atomic E-state index is 6.09. The van der Waals surface area contributed by atoms with Gasteiger partial charge in [-0.1, -0.05) is 13.8 Å². The number of nitrogens with two attached hydrogens (primary N) is 1. The molecular weight excluding hydrogens is 377 g/mol. The van der Waals surface area contributed by atoms with Crippen molar-refractivity contribution in [1.29, 1.82) is 0 Å². The van der Waals surface area contributed by atoms with Crippen molar-refractivity contribution < 1.29 is 0 Å². The molecule has 5 nitrogen and oxygen atoms in total.